The third-order valence-corrected chi connectivity index (χ3v) is 4.44. The maximum atomic E-state index is 12.9. The average Bonchev–Trinajstić information content (AvgIpc) is 2.63. The van der Waals surface area contributed by atoms with E-state index in [9.17, 15) is 27.6 Å². The predicted octanol–water partition coefficient (Wildman–Crippen LogP) is 2.38. The van der Waals surface area contributed by atoms with Crippen LogP contribution >= 0.6 is 23.2 Å². The van der Waals surface area contributed by atoms with E-state index in [0.29, 0.717) is 15.2 Å². The van der Waals surface area contributed by atoms with Crippen LogP contribution in [-0.4, -0.2) is 22.2 Å². The van der Waals surface area contributed by atoms with Crippen LogP contribution in [0.1, 0.15) is 11.3 Å². The van der Waals surface area contributed by atoms with Crippen molar-refractivity contribution in [3.8, 4) is 5.69 Å². The summed E-state index contributed by atoms with van der Waals surface area (Å²) in [5.41, 5.74) is -1.44. The number of halogens is 5. The van der Waals surface area contributed by atoms with Gasteiger partial charge >= 0.3 is 11.9 Å². The minimum absolute atomic E-state index is 0.00464. The van der Waals surface area contributed by atoms with Crippen LogP contribution in [0, 0.1) is 0 Å². The van der Waals surface area contributed by atoms with Crippen LogP contribution in [-0.2, 0) is 22.9 Å². The number of nitrogens with one attached hydrogen (secondary N) is 1. The molecule has 0 spiro atoms. The minimum atomic E-state index is -4.85. The van der Waals surface area contributed by atoms with E-state index in [-0.39, 0.29) is 21.3 Å². The third kappa shape index (κ3) is 4.29. The molecule has 0 saturated heterocycles. The highest BCUT2D eigenvalue weighted by Gasteiger charge is 2.35. The lowest BCUT2D eigenvalue weighted by atomic mass is 10.2. The first-order chi connectivity index (χ1) is 13.0. The summed E-state index contributed by atoms with van der Waals surface area (Å²) in [6.45, 7) is 0. The Morgan fingerprint density at radius 1 is 1.14 bits per heavy atom. The van der Waals surface area contributed by atoms with Crippen molar-refractivity contribution in [3.05, 3.63) is 67.5 Å². The summed E-state index contributed by atoms with van der Waals surface area (Å²) >= 11 is 11.8. The number of nitrogens with zero attached hydrogens (tertiary/aromatic N) is 2. The highest BCUT2D eigenvalue weighted by atomic mass is 35.5. The Kier molecular flexibility index (Phi) is 6.37. The van der Waals surface area contributed by atoms with Crippen LogP contribution in [0.3, 0.4) is 0 Å². The number of aromatic nitrogens is 2. The van der Waals surface area contributed by atoms with Gasteiger partial charge in [-0.05, 0) is 17.7 Å². The second-order valence-electron chi connectivity index (χ2n) is 5.35. The van der Waals surface area contributed by atoms with Crippen molar-refractivity contribution in [1.82, 2.24) is 14.6 Å². The van der Waals surface area contributed by atoms with Crippen LogP contribution in [0.4, 0.5) is 13.2 Å². The molecule has 1 N–H and O–H groups in total. The van der Waals surface area contributed by atoms with Crippen LogP contribution in [0.5, 0.6) is 0 Å². The van der Waals surface area contributed by atoms with Crippen molar-refractivity contribution in [1.29, 1.82) is 0 Å². The molecule has 0 aliphatic heterocycles. The number of benzene rings is 1. The summed E-state index contributed by atoms with van der Waals surface area (Å²) in [5, 5.41) is -0.519. The molecular formula is C16H12Cl2F3N3O4. The first-order valence-electron chi connectivity index (χ1n) is 7.38. The third-order valence-electron chi connectivity index (χ3n) is 3.58. The molecule has 0 aliphatic carbocycles. The number of rotatable bonds is 4. The van der Waals surface area contributed by atoms with Gasteiger partial charge in [-0.15, -0.1) is 0 Å². The summed E-state index contributed by atoms with van der Waals surface area (Å²) < 4.78 is 39.6. The molecule has 0 unspecified atom stereocenters. The fraction of sp³-hybridized carbons (Fsp3) is 0.188. The molecule has 1 amide bonds. The van der Waals surface area contributed by atoms with Crippen molar-refractivity contribution in [2.45, 2.75) is 6.18 Å². The lowest BCUT2D eigenvalue weighted by molar-refractivity contribution is -0.144. The lowest BCUT2D eigenvalue weighted by Crippen LogP contribution is -2.40. The van der Waals surface area contributed by atoms with E-state index in [2.05, 4.69) is 4.84 Å². The van der Waals surface area contributed by atoms with Crippen LogP contribution in [0.25, 0.3) is 10.7 Å². The standard InChI is InChI=1S/C16H12Cl2F3N3O4/c1-23-10(16(19,20)21)7-11(25)24(15(23)27)9-5-3-8(4-6-9)12(17)13(18)14(26)22-28-2/h3-7H,1-2H3,(H,22,26). The zero-order chi connectivity index (χ0) is 21.2. The number of hydrogen-bond donors (Lipinski definition) is 1. The van der Waals surface area contributed by atoms with E-state index in [0.717, 1.165) is 7.05 Å². The summed E-state index contributed by atoms with van der Waals surface area (Å²) in [7, 11) is 2.11. The number of carbonyl (C=O) groups excluding carboxylic acids is 1. The Morgan fingerprint density at radius 2 is 1.71 bits per heavy atom. The van der Waals surface area contributed by atoms with Gasteiger partial charge < -0.3 is 0 Å². The Labute approximate surface area is 165 Å². The normalized spacial score (nSPS) is 12.5. The SMILES string of the molecule is CONC(=O)C(Cl)=C(Cl)c1ccc(-n2c(=O)cc(C(F)(F)F)n(C)c2=O)cc1. The van der Waals surface area contributed by atoms with E-state index in [1.165, 1.54) is 31.4 Å². The molecule has 2 aromatic rings. The Balaban J connectivity index is 2.52. The van der Waals surface area contributed by atoms with Gasteiger partial charge in [0.1, 0.15) is 10.7 Å². The monoisotopic (exact) mass is 437 g/mol. The summed E-state index contributed by atoms with van der Waals surface area (Å²) in [6.07, 6.45) is -4.85. The largest absolute Gasteiger partial charge is 0.431 e. The molecular weight excluding hydrogens is 426 g/mol. The molecule has 1 aromatic carbocycles. The van der Waals surface area contributed by atoms with Crippen molar-refractivity contribution >= 4 is 34.1 Å². The van der Waals surface area contributed by atoms with Crippen molar-refractivity contribution < 1.29 is 22.8 Å². The summed E-state index contributed by atoms with van der Waals surface area (Å²) in [6, 6.07) is 5.54. The number of carbonyl (C=O) groups is 1. The molecule has 28 heavy (non-hydrogen) atoms. The second kappa shape index (κ2) is 8.21. The zero-order valence-electron chi connectivity index (χ0n) is 14.3. The molecule has 0 fully saturated rings. The summed E-state index contributed by atoms with van der Waals surface area (Å²) in [4.78, 5) is 40.3. The topological polar surface area (TPSA) is 82.3 Å². The maximum Gasteiger partial charge on any atom is 0.431 e. The highest BCUT2D eigenvalue weighted by Crippen LogP contribution is 2.28. The van der Waals surface area contributed by atoms with Gasteiger partial charge in [0, 0.05) is 13.1 Å². The van der Waals surface area contributed by atoms with E-state index < -0.39 is 29.0 Å². The molecule has 150 valence electrons. The maximum absolute atomic E-state index is 12.9. The van der Waals surface area contributed by atoms with Gasteiger partial charge in [-0.25, -0.2) is 14.8 Å². The molecule has 1 heterocycles. The molecule has 0 aliphatic rings. The van der Waals surface area contributed by atoms with Crippen LogP contribution in [0.2, 0.25) is 0 Å². The number of amides is 1. The Bertz CT molecular complexity index is 1060. The van der Waals surface area contributed by atoms with Gasteiger partial charge in [0.15, 0.2) is 0 Å². The lowest BCUT2D eigenvalue weighted by Gasteiger charge is -2.14. The van der Waals surface area contributed by atoms with Crippen molar-refractivity contribution in [2.24, 2.45) is 7.05 Å². The quantitative estimate of drug-likeness (QED) is 0.587. The number of hydroxylamine groups is 1. The molecule has 7 nitrogen and oxygen atoms in total. The van der Waals surface area contributed by atoms with E-state index >= 15 is 0 Å². The van der Waals surface area contributed by atoms with E-state index in [1.54, 1.807) is 0 Å². The van der Waals surface area contributed by atoms with Crippen LogP contribution < -0.4 is 16.7 Å². The van der Waals surface area contributed by atoms with E-state index in [4.69, 9.17) is 23.2 Å². The zero-order valence-corrected chi connectivity index (χ0v) is 15.8. The molecule has 1 aromatic heterocycles. The fourth-order valence-corrected chi connectivity index (χ4v) is 2.62. The first kappa shape index (κ1) is 21.7. The van der Waals surface area contributed by atoms with Gasteiger partial charge in [-0.3, -0.25) is 19.0 Å². The van der Waals surface area contributed by atoms with Crippen molar-refractivity contribution in [3.63, 3.8) is 0 Å². The molecule has 0 saturated carbocycles. The van der Waals surface area contributed by atoms with Crippen LogP contribution in [0.15, 0.2) is 45.0 Å². The smallest absolute Gasteiger partial charge is 0.292 e. The molecule has 0 bridgehead atoms. The molecule has 0 radical (unpaired) electrons. The Morgan fingerprint density at radius 3 is 2.21 bits per heavy atom. The van der Waals surface area contributed by atoms with Gasteiger partial charge in [-0.2, -0.15) is 13.2 Å². The van der Waals surface area contributed by atoms with Gasteiger partial charge in [0.2, 0.25) is 0 Å². The van der Waals surface area contributed by atoms with E-state index in [1.807, 2.05) is 5.48 Å². The number of hydrogen-bond acceptors (Lipinski definition) is 4. The highest BCUT2D eigenvalue weighted by molar-refractivity contribution is 6.59. The molecule has 0 atom stereocenters. The minimum Gasteiger partial charge on any atom is -0.292 e. The predicted molar refractivity (Wildman–Crippen MR) is 96.1 cm³/mol. The van der Waals surface area contributed by atoms with Crippen molar-refractivity contribution in [2.75, 3.05) is 7.11 Å². The first-order valence-corrected chi connectivity index (χ1v) is 8.14. The van der Waals surface area contributed by atoms with Gasteiger partial charge in [0.05, 0.1) is 17.8 Å². The molecule has 12 heteroatoms. The number of alkyl halides is 3. The second-order valence-corrected chi connectivity index (χ2v) is 6.11. The Hall–Kier alpha value is -2.56. The average molecular weight is 438 g/mol. The molecule has 2 rings (SSSR count). The summed E-state index contributed by atoms with van der Waals surface area (Å²) in [5.74, 6) is -0.800. The van der Waals surface area contributed by atoms with Gasteiger partial charge in [0.25, 0.3) is 11.5 Å². The fourth-order valence-electron chi connectivity index (χ4n) is 2.26. The van der Waals surface area contributed by atoms with Gasteiger partial charge in [-0.1, -0.05) is 35.3 Å².